The minimum atomic E-state index is 0.371. The molecule has 1 aliphatic carbocycles. The summed E-state index contributed by atoms with van der Waals surface area (Å²) in [7, 11) is 0. The maximum Gasteiger partial charge on any atom is 0.232 e. The van der Waals surface area contributed by atoms with E-state index in [1.807, 2.05) is 28.4 Å². The van der Waals surface area contributed by atoms with Crippen LogP contribution in [-0.4, -0.2) is 46.4 Å². The first-order chi connectivity index (χ1) is 7.86. The van der Waals surface area contributed by atoms with Crippen molar-refractivity contribution in [2.24, 2.45) is 0 Å². The van der Waals surface area contributed by atoms with Gasteiger partial charge < -0.3 is 4.90 Å². The Bertz CT molecular complexity index is 223. The van der Waals surface area contributed by atoms with Crippen molar-refractivity contribution in [3.8, 4) is 0 Å². The lowest BCUT2D eigenvalue weighted by Crippen LogP contribution is -2.39. The molecule has 0 N–H and O–H groups in total. The molecule has 0 spiro atoms. The topological polar surface area (TPSA) is 20.3 Å². The van der Waals surface area contributed by atoms with Crippen LogP contribution in [-0.2, 0) is 4.79 Å². The van der Waals surface area contributed by atoms with Crippen LogP contribution in [0, 0.1) is 0 Å². The molecular formula is C12H21NOS2. The first-order valence-corrected chi connectivity index (χ1v) is 8.54. The number of carbonyl (C=O) groups excluding carboxylic acids is 1. The SMILES string of the molecule is O=C(CSC1CCCCC1)N1CCSCC1. The van der Waals surface area contributed by atoms with Gasteiger partial charge in [-0.05, 0) is 12.8 Å². The minimum absolute atomic E-state index is 0.371. The molecule has 2 aliphatic rings. The van der Waals surface area contributed by atoms with Crippen LogP contribution < -0.4 is 0 Å². The first kappa shape index (κ1) is 12.6. The van der Waals surface area contributed by atoms with Crippen molar-refractivity contribution in [3.63, 3.8) is 0 Å². The Morgan fingerprint density at radius 3 is 2.56 bits per heavy atom. The van der Waals surface area contributed by atoms with Crippen LogP contribution in [0.1, 0.15) is 32.1 Å². The Hall–Kier alpha value is 0.170. The third kappa shape index (κ3) is 3.88. The predicted octanol–water partition coefficient (Wildman–Crippen LogP) is 2.63. The smallest absolute Gasteiger partial charge is 0.232 e. The van der Waals surface area contributed by atoms with Crippen molar-refractivity contribution in [1.82, 2.24) is 4.90 Å². The molecule has 0 unspecified atom stereocenters. The van der Waals surface area contributed by atoms with Crippen LogP contribution in [0.5, 0.6) is 0 Å². The van der Waals surface area contributed by atoms with Gasteiger partial charge in [-0.2, -0.15) is 11.8 Å². The Morgan fingerprint density at radius 1 is 1.19 bits per heavy atom. The molecule has 16 heavy (non-hydrogen) atoms. The quantitative estimate of drug-likeness (QED) is 0.777. The van der Waals surface area contributed by atoms with Gasteiger partial charge in [0.15, 0.2) is 0 Å². The van der Waals surface area contributed by atoms with Crippen LogP contribution in [0.15, 0.2) is 0 Å². The monoisotopic (exact) mass is 259 g/mol. The van der Waals surface area contributed by atoms with E-state index in [0.29, 0.717) is 5.91 Å². The van der Waals surface area contributed by atoms with Gasteiger partial charge in [-0.25, -0.2) is 0 Å². The molecule has 2 rings (SSSR count). The number of amides is 1. The van der Waals surface area contributed by atoms with Gasteiger partial charge in [-0.3, -0.25) is 4.79 Å². The zero-order chi connectivity index (χ0) is 11.2. The highest BCUT2D eigenvalue weighted by Crippen LogP contribution is 2.28. The number of carbonyl (C=O) groups is 1. The summed E-state index contributed by atoms with van der Waals surface area (Å²) in [6, 6.07) is 0. The molecule has 0 bridgehead atoms. The maximum atomic E-state index is 11.9. The first-order valence-electron chi connectivity index (χ1n) is 6.33. The summed E-state index contributed by atoms with van der Waals surface area (Å²) in [6.07, 6.45) is 6.79. The van der Waals surface area contributed by atoms with Crippen LogP contribution >= 0.6 is 23.5 Å². The molecular weight excluding hydrogens is 238 g/mol. The highest BCUT2D eigenvalue weighted by atomic mass is 32.2. The molecule has 4 heteroatoms. The van der Waals surface area contributed by atoms with Gasteiger partial charge in [-0.1, -0.05) is 19.3 Å². The number of hydrogen-bond acceptors (Lipinski definition) is 3. The van der Waals surface area contributed by atoms with Crippen molar-refractivity contribution >= 4 is 29.4 Å². The summed E-state index contributed by atoms with van der Waals surface area (Å²) in [6.45, 7) is 1.93. The van der Waals surface area contributed by atoms with Gasteiger partial charge in [0.05, 0.1) is 5.75 Å². The predicted molar refractivity (Wildman–Crippen MR) is 73.2 cm³/mol. The Balaban J connectivity index is 1.65. The molecule has 1 heterocycles. The second kappa shape index (κ2) is 6.80. The fourth-order valence-corrected chi connectivity index (χ4v) is 4.46. The molecule has 0 aromatic carbocycles. The zero-order valence-corrected chi connectivity index (χ0v) is 11.5. The molecule has 92 valence electrons. The van der Waals surface area contributed by atoms with Gasteiger partial charge in [0.25, 0.3) is 0 Å². The molecule has 1 amide bonds. The van der Waals surface area contributed by atoms with Gasteiger partial charge >= 0.3 is 0 Å². The molecule has 2 fully saturated rings. The second-order valence-corrected chi connectivity index (χ2v) is 7.08. The van der Waals surface area contributed by atoms with Gasteiger partial charge in [0, 0.05) is 29.8 Å². The molecule has 1 saturated carbocycles. The van der Waals surface area contributed by atoms with Crippen molar-refractivity contribution in [2.75, 3.05) is 30.3 Å². The van der Waals surface area contributed by atoms with Gasteiger partial charge in [0.2, 0.25) is 5.91 Å². The van der Waals surface area contributed by atoms with Crippen LogP contribution in [0.3, 0.4) is 0 Å². The van der Waals surface area contributed by atoms with Crippen molar-refractivity contribution in [2.45, 2.75) is 37.4 Å². The lowest BCUT2D eigenvalue weighted by Gasteiger charge is -2.27. The third-order valence-electron chi connectivity index (χ3n) is 3.36. The molecule has 1 aliphatic heterocycles. The van der Waals surface area contributed by atoms with Crippen molar-refractivity contribution < 1.29 is 4.79 Å². The van der Waals surface area contributed by atoms with Crippen LogP contribution in [0.4, 0.5) is 0 Å². The second-order valence-electron chi connectivity index (χ2n) is 4.56. The average molecular weight is 259 g/mol. The van der Waals surface area contributed by atoms with E-state index >= 15 is 0 Å². The molecule has 1 saturated heterocycles. The molecule has 0 aromatic heterocycles. The number of thioether (sulfide) groups is 2. The minimum Gasteiger partial charge on any atom is -0.340 e. The van der Waals surface area contributed by atoms with E-state index < -0.39 is 0 Å². The number of nitrogens with zero attached hydrogens (tertiary/aromatic N) is 1. The van der Waals surface area contributed by atoms with E-state index in [9.17, 15) is 4.79 Å². The molecule has 0 radical (unpaired) electrons. The lowest BCUT2D eigenvalue weighted by molar-refractivity contribution is -0.127. The molecule has 2 nitrogen and oxygen atoms in total. The zero-order valence-electron chi connectivity index (χ0n) is 9.82. The van der Waals surface area contributed by atoms with Gasteiger partial charge in [0.1, 0.15) is 0 Å². The summed E-state index contributed by atoms with van der Waals surface area (Å²) in [4.78, 5) is 14.0. The average Bonchev–Trinajstić information content (AvgIpc) is 2.38. The number of rotatable bonds is 3. The number of hydrogen-bond donors (Lipinski definition) is 0. The van der Waals surface area contributed by atoms with E-state index in [4.69, 9.17) is 0 Å². The standard InChI is InChI=1S/C12H21NOS2/c14-12(13-6-8-15-9-7-13)10-16-11-4-2-1-3-5-11/h11H,1-10H2. The normalized spacial score (nSPS) is 23.4. The van der Waals surface area contributed by atoms with E-state index in [2.05, 4.69) is 0 Å². The fraction of sp³-hybridized carbons (Fsp3) is 0.917. The molecule has 0 atom stereocenters. The highest BCUT2D eigenvalue weighted by Gasteiger charge is 2.19. The van der Waals surface area contributed by atoms with Crippen molar-refractivity contribution in [3.05, 3.63) is 0 Å². The molecule has 0 aromatic rings. The fourth-order valence-electron chi connectivity index (χ4n) is 2.32. The Morgan fingerprint density at radius 2 is 1.88 bits per heavy atom. The summed E-state index contributed by atoms with van der Waals surface area (Å²) >= 11 is 3.86. The maximum absolute atomic E-state index is 11.9. The summed E-state index contributed by atoms with van der Waals surface area (Å²) in [5.41, 5.74) is 0. The van der Waals surface area contributed by atoms with Crippen LogP contribution in [0.25, 0.3) is 0 Å². The van der Waals surface area contributed by atoms with Crippen LogP contribution in [0.2, 0.25) is 0 Å². The van der Waals surface area contributed by atoms with E-state index in [1.54, 1.807) is 0 Å². The largest absolute Gasteiger partial charge is 0.340 e. The summed E-state index contributed by atoms with van der Waals surface area (Å²) < 4.78 is 0. The highest BCUT2D eigenvalue weighted by molar-refractivity contribution is 8.00. The van der Waals surface area contributed by atoms with Crippen molar-refractivity contribution in [1.29, 1.82) is 0 Å². The van der Waals surface area contributed by atoms with Gasteiger partial charge in [-0.15, -0.1) is 11.8 Å². The lowest BCUT2D eigenvalue weighted by atomic mass is 10.0. The van der Waals surface area contributed by atoms with E-state index in [-0.39, 0.29) is 0 Å². The summed E-state index contributed by atoms with van der Waals surface area (Å²) in [5, 5.41) is 0.761. The van der Waals surface area contributed by atoms with E-state index in [0.717, 1.165) is 35.6 Å². The Kier molecular flexibility index (Phi) is 5.36. The van der Waals surface area contributed by atoms with E-state index in [1.165, 1.54) is 32.1 Å². The summed E-state index contributed by atoms with van der Waals surface area (Å²) in [5.74, 6) is 3.34. The third-order valence-corrected chi connectivity index (χ3v) is 5.66. The Labute approximate surface area is 107 Å².